The zero-order valence-corrected chi connectivity index (χ0v) is 12.4. The molecule has 104 valence electrons. The van der Waals surface area contributed by atoms with E-state index < -0.39 is 0 Å². The summed E-state index contributed by atoms with van der Waals surface area (Å²) in [5.41, 5.74) is 0. The Morgan fingerprint density at radius 1 is 1.16 bits per heavy atom. The van der Waals surface area contributed by atoms with Crippen molar-refractivity contribution in [2.75, 3.05) is 11.4 Å². The third-order valence-electron chi connectivity index (χ3n) is 4.29. The maximum atomic E-state index is 6.18. The average Bonchev–Trinajstić information content (AvgIpc) is 3.24. The van der Waals surface area contributed by atoms with Crippen LogP contribution in [-0.4, -0.2) is 22.6 Å². The van der Waals surface area contributed by atoms with Crippen molar-refractivity contribution in [3.63, 3.8) is 0 Å². The summed E-state index contributed by atoms with van der Waals surface area (Å²) in [6.45, 7) is 3.21. The van der Waals surface area contributed by atoms with Gasteiger partial charge in [-0.3, -0.25) is 0 Å². The van der Waals surface area contributed by atoms with E-state index in [-0.39, 0.29) is 0 Å². The van der Waals surface area contributed by atoms with E-state index in [2.05, 4.69) is 16.8 Å². The highest BCUT2D eigenvalue weighted by Gasteiger charge is 2.29. The standard InChI is InChI=1S/C15H22ClN3/c1-2-19(12-6-4-3-5-7-12)14-10-13(16)17-15(18-14)11-8-9-11/h10-12H,2-9H2,1H3. The first-order valence-corrected chi connectivity index (χ1v) is 7.97. The summed E-state index contributed by atoms with van der Waals surface area (Å²) >= 11 is 6.18. The number of aromatic nitrogens is 2. The minimum atomic E-state index is 0.558. The summed E-state index contributed by atoms with van der Waals surface area (Å²) in [7, 11) is 0. The Morgan fingerprint density at radius 2 is 1.89 bits per heavy atom. The molecule has 1 aromatic rings. The van der Waals surface area contributed by atoms with Gasteiger partial charge in [0.25, 0.3) is 0 Å². The lowest BCUT2D eigenvalue weighted by Gasteiger charge is -2.34. The van der Waals surface area contributed by atoms with Gasteiger partial charge in [-0.1, -0.05) is 30.9 Å². The molecule has 4 heteroatoms. The van der Waals surface area contributed by atoms with Crippen molar-refractivity contribution >= 4 is 17.4 Å². The summed E-state index contributed by atoms with van der Waals surface area (Å²) in [6, 6.07) is 2.57. The van der Waals surface area contributed by atoms with E-state index in [4.69, 9.17) is 16.6 Å². The molecule has 0 bridgehead atoms. The molecule has 0 N–H and O–H groups in total. The second-order valence-corrected chi connectivity index (χ2v) is 6.15. The summed E-state index contributed by atoms with van der Waals surface area (Å²) in [5.74, 6) is 2.55. The van der Waals surface area contributed by atoms with Crippen molar-refractivity contribution in [1.82, 2.24) is 9.97 Å². The fraction of sp³-hybridized carbons (Fsp3) is 0.733. The van der Waals surface area contributed by atoms with Crippen LogP contribution >= 0.6 is 11.6 Å². The Hall–Kier alpha value is -0.830. The summed E-state index contributed by atoms with van der Waals surface area (Å²) < 4.78 is 0. The van der Waals surface area contributed by atoms with Crippen molar-refractivity contribution in [2.45, 2.75) is 63.8 Å². The third-order valence-corrected chi connectivity index (χ3v) is 4.49. The van der Waals surface area contributed by atoms with Gasteiger partial charge in [-0.05, 0) is 32.6 Å². The largest absolute Gasteiger partial charge is 0.354 e. The molecule has 0 amide bonds. The van der Waals surface area contributed by atoms with Gasteiger partial charge in [-0.15, -0.1) is 0 Å². The van der Waals surface area contributed by atoms with Crippen LogP contribution in [-0.2, 0) is 0 Å². The third kappa shape index (κ3) is 3.02. The topological polar surface area (TPSA) is 29.0 Å². The van der Waals surface area contributed by atoms with Gasteiger partial charge in [-0.25, -0.2) is 9.97 Å². The van der Waals surface area contributed by atoms with E-state index in [9.17, 15) is 0 Å². The van der Waals surface area contributed by atoms with Crippen LogP contribution in [0, 0.1) is 0 Å². The highest BCUT2D eigenvalue weighted by Crippen LogP contribution is 2.39. The second kappa shape index (κ2) is 5.66. The zero-order chi connectivity index (χ0) is 13.2. The number of hydrogen-bond donors (Lipinski definition) is 0. The van der Waals surface area contributed by atoms with Crippen molar-refractivity contribution in [3.05, 3.63) is 17.0 Å². The molecule has 0 aromatic carbocycles. The molecule has 2 aliphatic rings. The second-order valence-electron chi connectivity index (χ2n) is 5.76. The molecule has 3 rings (SSSR count). The maximum Gasteiger partial charge on any atom is 0.135 e. The van der Waals surface area contributed by atoms with Gasteiger partial charge < -0.3 is 4.90 Å². The molecular weight excluding hydrogens is 258 g/mol. The maximum absolute atomic E-state index is 6.18. The van der Waals surface area contributed by atoms with Crippen molar-refractivity contribution in [2.24, 2.45) is 0 Å². The van der Waals surface area contributed by atoms with Crippen LogP contribution in [0.15, 0.2) is 6.07 Å². The Balaban J connectivity index is 1.84. The van der Waals surface area contributed by atoms with Gasteiger partial charge in [0, 0.05) is 24.6 Å². The van der Waals surface area contributed by atoms with Crippen LogP contribution in [0.3, 0.4) is 0 Å². The van der Waals surface area contributed by atoms with E-state index >= 15 is 0 Å². The normalized spacial score (nSPS) is 20.5. The smallest absolute Gasteiger partial charge is 0.135 e. The summed E-state index contributed by atoms with van der Waals surface area (Å²) in [4.78, 5) is 11.6. The molecule has 2 fully saturated rings. The first-order valence-electron chi connectivity index (χ1n) is 7.59. The number of anilines is 1. The van der Waals surface area contributed by atoms with Crippen molar-refractivity contribution in [3.8, 4) is 0 Å². The van der Waals surface area contributed by atoms with Gasteiger partial charge in [0.05, 0.1) is 0 Å². The molecule has 1 heterocycles. The highest BCUT2D eigenvalue weighted by atomic mass is 35.5. The molecule has 3 nitrogen and oxygen atoms in total. The zero-order valence-electron chi connectivity index (χ0n) is 11.6. The lowest BCUT2D eigenvalue weighted by molar-refractivity contribution is 0.416. The number of halogens is 1. The van der Waals surface area contributed by atoms with Crippen LogP contribution in [0.2, 0.25) is 5.15 Å². The summed E-state index contributed by atoms with van der Waals surface area (Å²) in [5, 5.41) is 0.598. The number of hydrogen-bond acceptors (Lipinski definition) is 3. The molecule has 0 saturated heterocycles. The van der Waals surface area contributed by atoms with Crippen LogP contribution in [0.1, 0.15) is 63.6 Å². The van der Waals surface area contributed by atoms with Gasteiger partial charge in [-0.2, -0.15) is 0 Å². The molecule has 0 aliphatic heterocycles. The number of nitrogens with zero attached hydrogens (tertiary/aromatic N) is 3. The SMILES string of the molecule is CCN(c1cc(Cl)nc(C2CC2)n1)C1CCCCC1. The molecule has 2 aliphatic carbocycles. The first-order chi connectivity index (χ1) is 9.28. The monoisotopic (exact) mass is 279 g/mol. The quantitative estimate of drug-likeness (QED) is 0.775. The van der Waals surface area contributed by atoms with Crippen LogP contribution in [0.5, 0.6) is 0 Å². The Bertz CT molecular complexity index is 439. The minimum Gasteiger partial charge on any atom is -0.354 e. The van der Waals surface area contributed by atoms with Gasteiger partial charge >= 0.3 is 0 Å². The molecule has 0 radical (unpaired) electrons. The predicted molar refractivity (Wildman–Crippen MR) is 78.9 cm³/mol. The van der Waals surface area contributed by atoms with Crippen molar-refractivity contribution < 1.29 is 0 Å². The molecule has 19 heavy (non-hydrogen) atoms. The molecule has 0 unspecified atom stereocenters. The fourth-order valence-electron chi connectivity index (χ4n) is 3.09. The first kappa shape index (κ1) is 13.2. The molecule has 1 aromatic heterocycles. The average molecular weight is 280 g/mol. The lowest BCUT2D eigenvalue weighted by Crippen LogP contribution is -2.37. The van der Waals surface area contributed by atoms with Gasteiger partial charge in [0.2, 0.25) is 0 Å². The van der Waals surface area contributed by atoms with Crippen LogP contribution in [0.25, 0.3) is 0 Å². The predicted octanol–water partition coefficient (Wildman–Crippen LogP) is 4.17. The fourth-order valence-corrected chi connectivity index (χ4v) is 3.28. The number of rotatable bonds is 4. The molecule has 0 spiro atoms. The Kier molecular flexibility index (Phi) is 3.92. The van der Waals surface area contributed by atoms with E-state index in [0.717, 1.165) is 18.2 Å². The van der Waals surface area contributed by atoms with Crippen molar-refractivity contribution in [1.29, 1.82) is 0 Å². The van der Waals surface area contributed by atoms with E-state index in [1.807, 2.05) is 6.07 Å². The minimum absolute atomic E-state index is 0.558. The van der Waals surface area contributed by atoms with E-state index in [1.165, 1.54) is 44.9 Å². The molecule has 0 atom stereocenters. The Labute approximate surface area is 120 Å². The van der Waals surface area contributed by atoms with Crippen LogP contribution in [0.4, 0.5) is 5.82 Å². The molecule has 2 saturated carbocycles. The lowest BCUT2D eigenvalue weighted by atomic mass is 9.94. The van der Waals surface area contributed by atoms with E-state index in [1.54, 1.807) is 0 Å². The van der Waals surface area contributed by atoms with Crippen LogP contribution < -0.4 is 4.90 Å². The Morgan fingerprint density at radius 3 is 2.53 bits per heavy atom. The summed E-state index contributed by atoms with van der Waals surface area (Å²) in [6.07, 6.45) is 9.07. The molecular formula is C15H22ClN3. The van der Waals surface area contributed by atoms with Gasteiger partial charge in [0.15, 0.2) is 0 Å². The van der Waals surface area contributed by atoms with E-state index in [0.29, 0.717) is 17.1 Å². The van der Waals surface area contributed by atoms with Gasteiger partial charge in [0.1, 0.15) is 16.8 Å². The highest BCUT2D eigenvalue weighted by molar-refractivity contribution is 6.29.